The van der Waals surface area contributed by atoms with E-state index < -0.39 is 23.8 Å². The number of ether oxygens (including phenoxy) is 1. The lowest BCUT2D eigenvalue weighted by Gasteiger charge is -2.08. The van der Waals surface area contributed by atoms with Crippen molar-refractivity contribution < 1.29 is 19.0 Å². The molecule has 1 heterocycles. The molecular weight excluding hydrogens is 187 g/mol. The first-order valence-corrected chi connectivity index (χ1v) is 4.28. The number of aliphatic carboxylic acids is 1. The highest BCUT2D eigenvalue weighted by molar-refractivity contribution is 5.79. The van der Waals surface area contributed by atoms with Gasteiger partial charge >= 0.3 is 5.97 Å². The monoisotopic (exact) mass is 196 g/mol. The van der Waals surface area contributed by atoms with Crippen LogP contribution in [0.15, 0.2) is 18.2 Å². The van der Waals surface area contributed by atoms with Gasteiger partial charge in [-0.15, -0.1) is 0 Å². The molecule has 74 valence electrons. The molecule has 2 atom stereocenters. The smallest absolute Gasteiger partial charge is 0.314 e. The average molecular weight is 196 g/mol. The van der Waals surface area contributed by atoms with Gasteiger partial charge in [-0.2, -0.15) is 0 Å². The maximum atomic E-state index is 12.8. The zero-order valence-electron chi connectivity index (χ0n) is 7.53. The normalized spacial score (nSPS) is 24.1. The Kier molecular flexibility index (Phi) is 1.91. The van der Waals surface area contributed by atoms with Crippen molar-refractivity contribution in [1.29, 1.82) is 0 Å². The van der Waals surface area contributed by atoms with Gasteiger partial charge in [0.2, 0.25) is 0 Å². The summed E-state index contributed by atoms with van der Waals surface area (Å²) in [5.74, 6) is -1.71. The minimum absolute atomic E-state index is 0.338. The molecule has 0 saturated heterocycles. The maximum absolute atomic E-state index is 12.8. The number of fused-ring (bicyclic) bond motifs is 1. The fourth-order valence-electron chi connectivity index (χ4n) is 1.72. The van der Waals surface area contributed by atoms with Gasteiger partial charge in [0, 0.05) is 11.6 Å². The van der Waals surface area contributed by atoms with Crippen molar-refractivity contribution in [3.8, 4) is 5.75 Å². The molecule has 1 aromatic rings. The van der Waals surface area contributed by atoms with Crippen LogP contribution in [-0.4, -0.2) is 17.2 Å². The van der Waals surface area contributed by atoms with Crippen molar-refractivity contribution in [2.75, 3.05) is 0 Å². The maximum Gasteiger partial charge on any atom is 0.314 e. The van der Waals surface area contributed by atoms with Crippen LogP contribution in [0.1, 0.15) is 18.4 Å². The molecular formula is C10H9FO3. The van der Waals surface area contributed by atoms with Crippen LogP contribution in [-0.2, 0) is 4.79 Å². The molecule has 1 aliphatic rings. The lowest BCUT2D eigenvalue weighted by molar-refractivity contribution is -0.140. The molecule has 2 unspecified atom stereocenters. The second-order valence-electron chi connectivity index (χ2n) is 3.32. The molecule has 1 aromatic carbocycles. The fraction of sp³-hybridized carbons (Fsp3) is 0.300. The Morgan fingerprint density at radius 3 is 2.93 bits per heavy atom. The molecule has 0 aliphatic carbocycles. The standard InChI is InChI=1S/C10H9FO3/c1-5-9(10(12)13)7-3-2-6(11)4-8(7)14-5/h2-5,9H,1H3,(H,12,13). The predicted octanol–water partition coefficient (Wildman–Crippen LogP) is 1.77. The van der Waals surface area contributed by atoms with Gasteiger partial charge in [0.05, 0.1) is 0 Å². The van der Waals surface area contributed by atoms with Gasteiger partial charge in [0.15, 0.2) is 0 Å². The van der Waals surface area contributed by atoms with Crippen molar-refractivity contribution in [1.82, 2.24) is 0 Å². The highest BCUT2D eigenvalue weighted by atomic mass is 19.1. The number of hydrogen-bond donors (Lipinski definition) is 1. The van der Waals surface area contributed by atoms with E-state index in [1.54, 1.807) is 6.92 Å². The number of benzene rings is 1. The third kappa shape index (κ3) is 1.23. The highest BCUT2D eigenvalue weighted by Gasteiger charge is 2.36. The van der Waals surface area contributed by atoms with E-state index in [9.17, 15) is 9.18 Å². The summed E-state index contributed by atoms with van der Waals surface area (Å²) < 4.78 is 18.0. The summed E-state index contributed by atoms with van der Waals surface area (Å²) in [7, 11) is 0. The van der Waals surface area contributed by atoms with Crippen molar-refractivity contribution in [3.05, 3.63) is 29.6 Å². The van der Waals surface area contributed by atoms with Crippen molar-refractivity contribution >= 4 is 5.97 Å². The molecule has 3 nitrogen and oxygen atoms in total. The predicted molar refractivity (Wildman–Crippen MR) is 46.9 cm³/mol. The van der Waals surface area contributed by atoms with E-state index in [-0.39, 0.29) is 0 Å². The topological polar surface area (TPSA) is 46.5 Å². The Bertz CT molecular complexity index is 389. The van der Waals surface area contributed by atoms with E-state index in [0.29, 0.717) is 11.3 Å². The summed E-state index contributed by atoms with van der Waals surface area (Å²) in [6.45, 7) is 1.66. The number of carboxylic acids is 1. The van der Waals surface area contributed by atoms with E-state index in [4.69, 9.17) is 9.84 Å². The molecule has 0 radical (unpaired) electrons. The molecule has 0 fully saturated rings. The minimum atomic E-state index is -0.942. The van der Waals surface area contributed by atoms with Crippen LogP contribution in [0.2, 0.25) is 0 Å². The Labute approximate surface area is 80.1 Å². The van der Waals surface area contributed by atoms with Gasteiger partial charge in [-0.25, -0.2) is 4.39 Å². The van der Waals surface area contributed by atoms with Crippen LogP contribution >= 0.6 is 0 Å². The lowest BCUT2D eigenvalue weighted by Crippen LogP contribution is -2.21. The molecule has 0 amide bonds. The van der Waals surface area contributed by atoms with Crippen LogP contribution in [0.5, 0.6) is 5.75 Å². The Hall–Kier alpha value is -1.58. The summed E-state index contributed by atoms with van der Waals surface area (Å²) in [6.07, 6.45) is -0.440. The van der Waals surface area contributed by atoms with Gasteiger partial charge < -0.3 is 9.84 Å². The molecule has 14 heavy (non-hydrogen) atoms. The van der Waals surface area contributed by atoms with Crippen LogP contribution < -0.4 is 4.74 Å². The number of carboxylic acid groups (broad SMARTS) is 1. The zero-order valence-corrected chi connectivity index (χ0v) is 7.53. The van der Waals surface area contributed by atoms with Gasteiger partial charge in [0.1, 0.15) is 23.6 Å². The first-order valence-electron chi connectivity index (χ1n) is 4.28. The molecule has 0 saturated carbocycles. The Balaban J connectivity index is 2.48. The molecule has 2 rings (SSSR count). The fourth-order valence-corrected chi connectivity index (χ4v) is 1.72. The summed E-state index contributed by atoms with van der Waals surface area (Å²) in [5, 5.41) is 8.93. The van der Waals surface area contributed by atoms with Crippen molar-refractivity contribution in [3.63, 3.8) is 0 Å². The highest BCUT2D eigenvalue weighted by Crippen LogP contribution is 2.38. The third-order valence-corrected chi connectivity index (χ3v) is 2.36. The molecule has 1 N–H and O–H groups in total. The van der Waals surface area contributed by atoms with E-state index >= 15 is 0 Å². The van der Waals surface area contributed by atoms with Crippen LogP contribution in [0.25, 0.3) is 0 Å². The van der Waals surface area contributed by atoms with E-state index in [1.165, 1.54) is 18.2 Å². The summed E-state index contributed by atoms with van der Waals surface area (Å²) >= 11 is 0. The second kappa shape index (κ2) is 2.97. The SMILES string of the molecule is CC1Oc2cc(F)ccc2C1C(=O)O. The summed E-state index contributed by atoms with van der Waals surface area (Å²) in [4.78, 5) is 10.9. The third-order valence-electron chi connectivity index (χ3n) is 2.36. The molecule has 4 heteroatoms. The van der Waals surface area contributed by atoms with Crippen LogP contribution in [0, 0.1) is 5.82 Å². The van der Waals surface area contributed by atoms with Crippen LogP contribution in [0.4, 0.5) is 4.39 Å². The van der Waals surface area contributed by atoms with Gasteiger partial charge in [0.25, 0.3) is 0 Å². The summed E-state index contributed by atoms with van der Waals surface area (Å²) in [6, 6.07) is 3.93. The quantitative estimate of drug-likeness (QED) is 0.744. The van der Waals surface area contributed by atoms with Crippen LogP contribution in [0.3, 0.4) is 0 Å². The van der Waals surface area contributed by atoms with Gasteiger partial charge in [-0.1, -0.05) is 6.07 Å². The van der Waals surface area contributed by atoms with Crippen molar-refractivity contribution in [2.45, 2.75) is 18.9 Å². The molecule has 1 aliphatic heterocycles. The molecule has 0 aromatic heterocycles. The minimum Gasteiger partial charge on any atom is -0.489 e. The Morgan fingerprint density at radius 1 is 1.57 bits per heavy atom. The lowest BCUT2D eigenvalue weighted by atomic mass is 9.97. The first kappa shape index (κ1) is 8.99. The Morgan fingerprint density at radius 2 is 2.29 bits per heavy atom. The largest absolute Gasteiger partial charge is 0.489 e. The van der Waals surface area contributed by atoms with Gasteiger partial charge in [-0.05, 0) is 13.0 Å². The molecule has 0 spiro atoms. The van der Waals surface area contributed by atoms with E-state index in [1.807, 2.05) is 0 Å². The number of hydrogen-bond acceptors (Lipinski definition) is 2. The second-order valence-corrected chi connectivity index (χ2v) is 3.32. The average Bonchev–Trinajstić information content (AvgIpc) is 2.39. The number of carbonyl (C=O) groups is 1. The zero-order chi connectivity index (χ0) is 10.3. The molecule has 0 bridgehead atoms. The first-order chi connectivity index (χ1) is 6.59. The number of halogens is 1. The van der Waals surface area contributed by atoms with Crippen molar-refractivity contribution in [2.24, 2.45) is 0 Å². The van der Waals surface area contributed by atoms with E-state index in [2.05, 4.69) is 0 Å². The number of rotatable bonds is 1. The summed E-state index contributed by atoms with van der Waals surface area (Å²) in [5.41, 5.74) is 0.548. The van der Waals surface area contributed by atoms with Gasteiger partial charge in [-0.3, -0.25) is 4.79 Å². The van der Waals surface area contributed by atoms with E-state index in [0.717, 1.165) is 0 Å².